The van der Waals surface area contributed by atoms with Crippen molar-refractivity contribution in [2.24, 2.45) is 16.7 Å². The van der Waals surface area contributed by atoms with E-state index in [1.54, 1.807) is 55.0 Å². The van der Waals surface area contributed by atoms with Gasteiger partial charge in [-0.3, -0.25) is 24.2 Å². The third-order valence-electron chi connectivity index (χ3n) is 14.9. The van der Waals surface area contributed by atoms with Crippen LogP contribution in [0.3, 0.4) is 0 Å². The Bertz CT molecular complexity index is 3090. The van der Waals surface area contributed by atoms with Crippen molar-refractivity contribution >= 4 is 57.2 Å². The largest absolute Gasteiger partial charge is 0.496 e. The highest BCUT2D eigenvalue weighted by Crippen LogP contribution is 2.48. The number of fused-ring (bicyclic) bond motifs is 1. The Hall–Kier alpha value is -7.21. The van der Waals surface area contributed by atoms with Gasteiger partial charge < -0.3 is 45.3 Å². The van der Waals surface area contributed by atoms with Crippen LogP contribution in [0.25, 0.3) is 21.3 Å². The Morgan fingerprint density at radius 1 is 0.896 bits per heavy atom. The number of halogens is 1. The maximum Gasteiger partial charge on any atom is 0.246 e. The molecule has 77 heavy (non-hydrogen) atoms. The van der Waals surface area contributed by atoms with E-state index in [4.69, 9.17) is 14.2 Å². The number of nitrogens with one attached hydrogen (secondary N) is 4. The first-order valence-electron chi connectivity index (χ1n) is 26.4. The van der Waals surface area contributed by atoms with E-state index >= 15 is 0 Å². The van der Waals surface area contributed by atoms with Crippen molar-refractivity contribution in [2.75, 3.05) is 43.9 Å². The molecule has 0 radical (unpaired) electrons. The van der Waals surface area contributed by atoms with E-state index < -0.39 is 34.5 Å². The average molecular weight is 1070 g/mol. The Balaban J connectivity index is 0.724. The number of piperidine rings is 1. The van der Waals surface area contributed by atoms with Crippen LogP contribution in [0.1, 0.15) is 83.0 Å². The summed E-state index contributed by atoms with van der Waals surface area (Å²) in [4.78, 5) is 68.7. The van der Waals surface area contributed by atoms with E-state index in [1.807, 2.05) is 50.2 Å². The first-order valence-corrected chi connectivity index (χ1v) is 27.3. The number of hydrogen-bond donors (Lipinski definition) is 4. The minimum Gasteiger partial charge on any atom is -0.496 e. The van der Waals surface area contributed by atoms with Crippen molar-refractivity contribution in [3.8, 4) is 27.7 Å². The first-order chi connectivity index (χ1) is 37.0. The number of benzene rings is 4. The molecule has 4 aromatic carbocycles. The molecule has 0 bridgehead atoms. The van der Waals surface area contributed by atoms with Gasteiger partial charge in [0.25, 0.3) is 0 Å². The highest BCUT2D eigenvalue weighted by atomic mass is 32.1. The van der Waals surface area contributed by atoms with Gasteiger partial charge >= 0.3 is 0 Å². The molecule has 2 aromatic heterocycles. The number of aromatic nitrogens is 2. The fraction of sp³-hybridized carbons (Fsp3) is 0.400. The van der Waals surface area contributed by atoms with Crippen LogP contribution < -0.4 is 30.7 Å². The first kappa shape index (κ1) is 54.6. The number of ether oxygens (including phenoxy) is 3. The van der Waals surface area contributed by atoms with Gasteiger partial charge in [0, 0.05) is 73.4 Å². The molecule has 6 aromatic rings. The molecule has 1 aliphatic carbocycles. The summed E-state index contributed by atoms with van der Waals surface area (Å²) in [6, 6.07) is 25.5. The number of aryl methyl sites for hydroxylation is 1. The molecule has 2 aliphatic heterocycles. The number of hydrogen-bond acceptors (Lipinski definition) is 12. The second-order valence-corrected chi connectivity index (χ2v) is 22.6. The Morgan fingerprint density at radius 2 is 1.57 bits per heavy atom. The smallest absolute Gasteiger partial charge is 0.246 e. The second-order valence-electron chi connectivity index (χ2n) is 21.8. The van der Waals surface area contributed by atoms with Crippen molar-refractivity contribution in [1.82, 2.24) is 30.4 Å². The van der Waals surface area contributed by atoms with Crippen LogP contribution in [0, 0.1) is 29.5 Å². The van der Waals surface area contributed by atoms with Crippen molar-refractivity contribution in [3.63, 3.8) is 0 Å². The Kier molecular flexibility index (Phi) is 16.7. The lowest BCUT2D eigenvalue weighted by Crippen LogP contribution is -2.56. The normalized spacial score (nSPS) is 17.8. The number of methoxy groups -OCH3 is 1. The lowest BCUT2D eigenvalue weighted by Gasteiger charge is -2.37. The molecule has 4 amide bonds. The van der Waals surface area contributed by atoms with Crippen LogP contribution in [0.2, 0.25) is 0 Å². The molecule has 4 heterocycles. The number of rotatable bonds is 20. The van der Waals surface area contributed by atoms with E-state index in [0.717, 1.165) is 65.8 Å². The zero-order valence-corrected chi connectivity index (χ0v) is 45.6. The van der Waals surface area contributed by atoms with Gasteiger partial charge in [0.2, 0.25) is 23.6 Å². The number of nitrogens with zero attached hydrogens (tertiary/aromatic N) is 4. The fourth-order valence-corrected chi connectivity index (χ4v) is 11.0. The lowest BCUT2D eigenvalue weighted by molar-refractivity contribution is -0.140. The predicted octanol–water partition coefficient (Wildman–Crippen LogP) is 10.4. The summed E-state index contributed by atoms with van der Waals surface area (Å²) < 4.78 is 32.0. The molecule has 9 rings (SSSR count). The van der Waals surface area contributed by atoms with Gasteiger partial charge in [-0.1, -0.05) is 58.5 Å². The van der Waals surface area contributed by atoms with Gasteiger partial charge in [-0.05, 0) is 128 Å². The third kappa shape index (κ3) is 13.1. The quantitative estimate of drug-likeness (QED) is 0.0535. The molecule has 17 heteroatoms. The number of thiazole rings is 1. The van der Waals surface area contributed by atoms with Gasteiger partial charge in [-0.25, -0.2) is 9.37 Å². The molecule has 404 valence electrons. The zero-order valence-electron chi connectivity index (χ0n) is 44.7. The number of amides is 4. The van der Waals surface area contributed by atoms with Crippen molar-refractivity contribution < 1.29 is 37.8 Å². The van der Waals surface area contributed by atoms with Crippen LogP contribution in [0.5, 0.6) is 17.2 Å². The average Bonchev–Trinajstić information content (AvgIpc) is 4.06. The topological polar surface area (TPSA) is 176 Å². The van der Waals surface area contributed by atoms with Crippen LogP contribution in [-0.2, 0) is 37.1 Å². The summed E-state index contributed by atoms with van der Waals surface area (Å²) in [5.74, 6) is 0.555. The Labute approximate surface area is 454 Å². The summed E-state index contributed by atoms with van der Waals surface area (Å²) >= 11 is 1.64. The fourth-order valence-electron chi connectivity index (χ4n) is 10.2. The van der Waals surface area contributed by atoms with Gasteiger partial charge in [0.1, 0.15) is 34.5 Å². The summed E-state index contributed by atoms with van der Waals surface area (Å²) in [5.41, 5.74) is 6.76. The maximum atomic E-state index is 14.4. The molecular weight excluding hydrogens is 996 g/mol. The molecule has 0 unspecified atom stereocenters. The highest BCUT2D eigenvalue weighted by Gasteiger charge is 2.56. The maximum absolute atomic E-state index is 14.4. The monoisotopic (exact) mass is 1060 g/mol. The molecule has 3 fully saturated rings. The van der Waals surface area contributed by atoms with E-state index in [0.29, 0.717) is 79.1 Å². The summed E-state index contributed by atoms with van der Waals surface area (Å²) in [5, 5.41) is 13.0. The summed E-state index contributed by atoms with van der Waals surface area (Å²) in [7, 11) is 1.62. The van der Waals surface area contributed by atoms with Gasteiger partial charge in [0.15, 0.2) is 0 Å². The summed E-state index contributed by atoms with van der Waals surface area (Å²) in [6.45, 7) is 18.2. The standard InChI is InChI=1S/C60H69FN8O7S/c1-37-30-50(38(2)63-33-40-8-10-41(11-9-40)54-39(3)64-36-77-54)69(34-37)56(71)55(59(4,5)6)67-53(70)23-29-68-27-21-46(22-28-68)75-35-42-31-49-48(32-52(42)74-7)51(20-26-62-49)76-47-18-16-45(17-19-47)66-58(73)60(24-25-60)57(72)65-44-14-12-43(61)13-15-44/h8-20,26,31-32,36-37,46,50,55,63H,2,21-25,27-30,33-35H2,1,3-7H3,(H,65,72)(H,66,73)(H,67,70)/t37-,50+,55-/m1/s1. The van der Waals surface area contributed by atoms with Gasteiger partial charge in [0.05, 0.1) is 47.5 Å². The van der Waals surface area contributed by atoms with Crippen LogP contribution in [0.4, 0.5) is 15.8 Å². The predicted molar refractivity (Wildman–Crippen MR) is 298 cm³/mol. The molecular formula is C60H69FN8O7S. The van der Waals surface area contributed by atoms with Crippen molar-refractivity contribution in [2.45, 2.75) is 104 Å². The van der Waals surface area contributed by atoms with Crippen LogP contribution in [0.15, 0.2) is 115 Å². The second kappa shape index (κ2) is 23.6. The molecule has 4 N–H and O–H groups in total. The number of anilines is 2. The molecule has 3 aliphatic rings. The van der Waals surface area contributed by atoms with E-state index in [2.05, 4.69) is 73.9 Å². The zero-order chi connectivity index (χ0) is 54.4. The number of carbonyl (C=O) groups is 4. The molecule has 3 atom stereocenters. The van der Waals surface area contributed by atoms with Crippen LogP contribution in [-0.4, -0.2) is 94.9 Å². The number of carbonyl (C=O) groups excluding carboxylic acids is 4. The Morgan fingerprint density at radius 3 is 2.19 bits per heavy atom. The number of pyridine rings is 1. The van der Waals surface area contributed by atoms with E-state index in [9.17, 15) is 23.6 Å². The SMILES string of the molecule is C=C(NCc1ccc(-c2scnc2C)cc1)[C@@H]1C[C@@H](C)CN1C(=O)[C@@H](NC(=O)CCN1CCC(OCc2cc3nccc(Oc4ccc(NC(=O)C5(C(=O)Nc6ccc(F)cc6)CC5)cc4)c3cc2OC)CC1)C(C)(C)C. The van der Waals surface area contributed by atoms with E-state index in [1.165, 1.54) is 29.1 Å². The lowest BCUT2D eigenvalue weighted by atomic mass is 9.85. The van der Waals surface area contributed by atoms with Gasteiger partial charge in [-0.15, -0.1) is 11.3 Å². The van der Waals surface area contributed by atoms with Crippen molar-refractivity contribution in [1.29, 1.82) is 0 Å². The van der Waals surface area contributed by atoms with E-state index in [-0.39, 0.29) is 30.4 Å². The van der Waals surface area contributed by atoms with Gasteiger partial charge in [-0.2, -0.15) is 0 Å². The highest BCUT2D eigenvalue weighted by molar-refractivity contribution is 7.13. The number of likely N-dealkylation sites (tertiary alicyclic amines) is 2. The third-order valence-corrected chi connectivity index (χ3v) is 15.9. The molecule has 15 nitrogen and oxygen atoms in total. The minimum absolute atomic E-state index is 0.0197. The van der Waals surface area contributed by atoms with Crippen LogP contribution >= 0.6 is 11.3 Å². The molecule has 0 spiro atoms. The minimum atomic E-state index is -1.18. The van der Waals surface area contributed by atoms with Crippen molar-refractivity contribution in [3.05, 3.63) is 138 Å². The molecule has 2 saturated heterocycles. The molecule has 1 saturated carbocycles. The summed E-state index contributed by atoms with van der Waals surface area (Å²) in [6.07, 6.45) is 5.21.